The zero-order valence-corrected chi connectivity index (χ0v) is 17.5. The van der Waals surface area contributed by atoms with Gasteiger partial charge in [0.1, 0.15) is 17.1 Å². The molecule has 0 heterocycles. The summed E-state index contributed by atoms with van der Waals surface area (Å²) >= 11 is 0. The second kappa shape index (κ2) is 9.16. The van der Waals surface area contributed by atoms with E-state index in [1.165, 1.54) is 0 Å². The Bertz CT molecular complexity index is 659. The Balaban J connectivity index is 2.85. The molecule has 0 saturated heterocycles. The van der Waals surface area contributed by atoms with Gasteiger partial charge in [0.05, 0.1) is 0 Å². The van der Waals surface area contributed by atoms with Crippen molar-refractivity contribution in [1.82, 2.24) is 0 Å². The molecule has 0 radical (unpaired) electrons. The lowest BCUT2D eigenvalue weighted by atomic mass is 9.92. The number of aryl methyl sites for hydroxylation is 1. The van der Waals surface area contributed by atoms with Crippen LogP contribution in [0, 0.1) is 12.8 Å². The highest BCUT2D eigenvalue weighted by molar-refractivity contribution is 6.08. The van der Waals surface area contributed by atoms with Crippen LogP contribution in [0.4, 0.5) is 0 Å². The van der Waals surface area contributed by atoms with E-state index in [2.05, 4.69) is 0 Å². The molecular formula is C22H32O5. The normalized spacial score (nSPS) is 13.0. The first-order valence-electron chi connectivity index (χ1n) is 9.34. The van der Waals surface area contributed by atoms with Crippen molar-refractivity contribution >= 4 is 17.7 Å². The average molecular weight is 376 g/mol. The zero-order chi connectivity index (χ0) is 20.8. The standard InChI is InChI=1S/C22H32O5/c1-15-11-13-16(14-12-15)19(24)17(20(25)27-22(5,6)7)9-8-10-18(23)26-21(2,3)4/h11-14,17H,8-10H2,1-7H3. The van der Waals surface area contributed by atoms with E-state index in [-0.39, 0.29) is 24.6 Å². The minimum absolute atomic E-state index is 0.151. The van der Waals surface area contributed by atoms with Crippen LogP contribution in [0.3, 0.4) is 0 Å². The van der Waals surface area contributed by atoms with Crippen LogP contribution in [-0.2, 0) is 19.1 Å². The third kappa shape index (κ3) is 8.85. The predicted molar refractivity (Wildman–Crippen MR) is 105 cm³/mol. The molecule has 0 N–H and O–H groups in total. The van der Waals surface area contributed by atoms with E-state index in [0.29, 0.717) is 12.0 Å². The number of esters is 2. The fraction of sp³-hybridized carbons (Fsp3) is 0.591. The van der Waals surface area contributed by atoms with Crippen LogP contribution in [-0.4, -0.2) is 28.9 Å². The number of rotatable bonds is 7. The summed E-state index contributed by atoms with van der Waals surface area (Å²) in [6.07, 6.45) is 0.759. The Morgan fingerprint density at radius 1 is 0.889 bits per heavy atom. The molecule has 1 unspecified atom stereocenters. The molecule has 0 saturated carbocycles. The third-order valence-electron chi connectivity index (χ3n) is 3.64. The molecule has 150 valence electrons. The molecule has 1 aromatic carbocycles. The van der Waals surface area contributed by atoms with Gasteiger partial charge >= 0.3 is 11.9 Å². The summed E-state index contributed by atoms with van der Waals surface area (Å²) in [6, 6.07) is 7.09. The minimum Gasteiger partial charge on any atom is -0.460 e. The molecule has 1 rings (SSSR count). The predicted octanol–water partition coefficient (Wildman–Crippen LogP) is 4.65. The lowest BCUT2D eigenvalue weighted by Crippen LogP contribution is -2.33. The number of hydrogen-bond acceptors (Lipinski definition) is 5. The second-order valence-corrected chi connectivity index (χ2v) is 8.80. The largest absolute Gasteiger partial charge is 0.460 e. The molecule has 0 aliphatic carbocycles. The molecule has 0 aliphatic rings. The monoisotopic (exact) mass is 376 g/mol. The van der Waals surface area contributed by atoms with Crippen LogP contribution in [0.15, 0.2) is 24.3 Å². The number of ketones is 1. The molecule has 0 fully saturated rings. The molecule has 0 amide bonds. The Morgan fingerprint density at radius 3 is 1.89 bits per heavy atom. The summed E-state index contributed by atoms with van der Waals surface area (Å²) in [6.45, 7) is 12.6. The number of ether oxygens (including phenoxy) is 2. The van der Waals surface area contributed by atoms with E-state index in [1.54, 1.807) is 53.7 Å². The highest BCUT2D eigenvalue weighted by Gasteiger charge is 2.32. The van der Waals surface area contributed by atoms with Gasteiger partial charge in [0.15, 0.2) is 5.78 Å². The van der Waals surface area contributed by atoms with Gasteiger partial charge in [-0.2, -0.15) is 0 Å². The molecule has 0 spiro atoms. The lowest BCUT2D eigenvalue weighted by molar-refractivity contribution is -0.159. The number of hydrogen-bond donors (Lipinski definition) is 0. The fourth-order valence-electron chi connectivity index (χ4n) is 2.49. The van der Waals surface area contributed by atoms with Crippen molar-refractivity contribution in [3.63, 3.8) is 0 Å². The van der Waals surface area contributed by atoms with Gasteiger partial charge in [-0.25, -0.2) is 0 Å². The van der Waals surface area contributed by atoms with E-state index in [4.69, 9.17) is 9.47 Å². The Kier molecular flexibility index (Phi) is 7.76. The first-order valence-corrected chi connectivity index (χ1v) is 9.34. The molecule has 5 nitrogen and oxygen atoms in total. The summed E-state index contributed by atoms with van der Waals surface area (Å²) in [5.41, 5.74) is 0.256. The van der Waals surface area contributed by atoms with Gasteiger partial charge in [0, 0.05) is 12.0 Å². The van der Waals surface area contributed by atoms with E-state index < -0.39 is 23.1 Å². The van der Waals surface area contributed by atoms with Gasteiger partial charge in [0.25, 0.3) is 0 Å². The number of benzene rings is 1. The Labute approximate surface area is 162 Å². The van der Waals surface area contributed by atoms with Crippen LogP contribution in [0.25, 0.3) is 0 Å². The van der Waals surface area contributed by atoms with Gasteiger partial charge in [-0.1, -0.05) is 29.8 Å². The van der Waals surface area contributed by atoms with Crippen molar-refractivity contribution in [3.05, 3.63) is 35.4 Å². The first-order chi connectivity index (χ1) is 12.3. The zero-order valence-electron chi connectivity index (χ0n) is 17.5. The summed E-state index contributed by atoms with van der Waals surface area (Å²) in [5.74, 6) is -2.12. The van der Waals surface area contributed by atoms with Crippen molar-refractivity contribution in [2.24, 2.45) is 5.92 Å². The highest BCUT2D eigenvalue weighted by atomic mass is 16.6. The van der Waals surface area contributed by atoms with Gasteiger partial charge in [-0.15, -0.1) is 0 Å². The third-order valence-corrected chi connectivity index (χ3v) is 3.64. The van der Waals surface area contributed by atoms with Crippen molar-refractivity contribution in [1.29, 1.82) is 0 Å². The maximum atomic E-state index is 12.9. The quantitative estimate of drug-likeness (QED) is 0.394. The van der Waals surface area contributed by atoms with Crippen molar-refractivity contribution in [3.8, 4) is 0 Å². The molecular weight excluding hydrogens is 344 g/mol. The first kappa shape index (κ1) is 22.9. The summed E-state index contributed by atoms with van der Waals surface area (Å²) in [5, 5.41) is 0. The molecule has 0 bridgehead atoms. The van der Waals surface area contributed by atoms with Crippen LogP contribution in [0.2, 0.25) is 0 Å². The summed E-state index contributed by atoms with van der Waals surface area (Å²) < 4.78 is 10.7. The number of carbonyl (C=O) groups is 3. The molecule has 1 aromatic rings. The number of Topliss-reactive ketones (excluding diaryl/α,β-unsaturated/α-hetero) is 1. The Morgan fingerprint density at radius 2 is 1.41 bits per heavy atom. The van der Waals surface area contributed by atoms with Crippen LogP contribution in [0.5, 0.6) is 0 Å². The van der Waals surface area contributed by atoms with Crippen LogP contribution < -0.4 is 0 Å². The van der Waals surface area contributed by atoms with Crippen molar-refractivity contribution in [2.45, 2.75) is 78.9 Å². The summed E-state index contributed by atoms with van der Waals surface area (Å²) in [7, 11) is 0. The average Bonchev–Trinajstić information content (AvgIpc) is 2.48. The van der Waals surface area contributed by atoms with Gasteiger partial charge in [0.2, 0.25) is 0 Å². The van der Waals surface area contributed by atoms with Crippen molar-refractivity contribution in [2.75, 3.05) is 0 Å². The SMILES string of the molecule is Cc1ccc(C(=O)C(CCCC(=O)OC(C)(C)C)C(=O)OC(C)(C)C)cc1. The summed E-state index contributed by atoms with van der Waals surface area (Å²) in [4.78, 5) is 37.3. The van der Waals surface area contributed by atoms with Crippen LogP contribution >= 0.6 is 0 Å². The van der Waals surface area contributed by atoms with Crippen LogP contribution in [0.1, 0.15) is 76.7 Å². The molecule has 5 heteroatoms. The van der Waals surface area contributed by atoms with E-state index >= 15 is 0 Å². The van der Waals surface area contributed by atoms with E-state index in [9.17, 15) is 14.4 Å². The maximum absolute atomic E-state index is 12.9. The van der Waals surface area contributed by atoms with Gasteiger partial charge in [-0.05, 0) is 61.3 Å². The number of carbonyl (C=O) groups excluding carboxylic acids is 3. The highest BCUT2D eigenvalue weighted by Crippen LogP contribution is 2.21. The molecule has 27 heavy (non-hydrogen) atoms. The maximum Gasteiger partial charge on any atom is 0.317 e. The Hall–Kier alpha value is -2.17. The van der Waals surface area contributed by atoms with Crippen molar-refractivity contribution < 1.29 is 23.9 Å². The van der Waals surface area contributed by atoms with Gasteiger partial charge in [-0.3, -0.25) is 14.4 Å². The fourth-order valence-corrected chi connectivity index (χ4v) is 2.49. The lowest BCUT2D eigenvalue weighted by Gasteiger charge is -2.24. The smallest absolute Gasteiger partial charge is 0.317 e. The second-order valence-electron chi connectivity index (χ2n) is 8.80. The van der Waals surface area contributed by atoms with Gasteiger partial charge < -0.3 is 9.47 Å². The molecule has 1 atom stereocenters. The molecule has 0 aromatic heterocycles. The van der Waals surface area contributed by atoms with E-state index in [0.717, 1.165) is 5.56 Å². The minimum atomic E-state index is -0.936. The molecule has 0 aliphatic heterocycles. The van der Waals surface area contributed by atoms with E-state index in [1.807, 2.05) is 19.1 Å². The topological polar surface area (TPSA) is 69.7 Å².